The van der Waals surface area contributed by atoms with Crippen molar-refractivity contribution in [2.75, 3.05) is 20.2 Å². The summed E-state index contributed by atoms with van der Waals surface area (Å²) < 4.78 is 5.51. The summed E-state index contributed by atoms with van der Waals surface area (Å²) in [6.45, 7) is 5.52. The lowest BCUT2D eigenvalue weighted by atomic mass is 9.84. The third-order valence-corrected chi connectivity index (χ3v) is 3.51. The van der Waals surface area contributed by atoms with Gasteiger partial charge in [-0.2, -0.15) is 0 Å². The standard InChI is InChI=1S/C13H25NO3/c1-10(2)17-9-8-14(3)12-7-5-4-6-11(12)13(15)16/h10-12H,4-9H2,1-3H3,(H,15,16). The van der Waals surface area contributed by atoms with Crippen LogP contribution in [0.4, 0.5) is 0 Å². The van der Waals surface area contributed by atoms with Gasteiger partial charge in [-0.25, -0.2) is 0 Å². The van der Waals surface area contributed by atoms with Gasteiger partial charge in [0.15, 0.2) is 0 Å². The molecule has 100 valence electrons. The van der Waals surface area contributed by atoms with Crippen LogP contribution in [0.3, 0.4) is 0 Å². The molecule has 0 radical (unpaired) electrons. The molecule has 1 fully saturated rings. The molecule has 1 saturated carbocycles. The fraction of sp³-hybridized carbons (Fsp3) is 0.923. The van der Waals surface area contributed by atoms with Crippen molar-refractivity contribution in [1.82, 2.24) is 4.90 Å². The Morgan fingerprint density at radius 1 is 1.41 bits per heavy atom. The number of carbonyl (C=O) groups is 1. The minimum absolute atomic E-state index is 0.178. The number of nitrogens with zero attached hydrogens (tertiary/aromatic N) is 1. The molecule has 2 unspecified atom stereocenters. The summed E-state index contributed by atoms with van der Waals surface area (Å²) in [5.74, 6) is -0.848. The minimum Gasteiger partial charge on any atom is -0.481 e. The van der Waals surface area contributed by atoms with Crippen LogP contribution in [0.15, 0.2) is 0 Å². The fourth-order valence-corrected chi connectivity index (χ4v) is 2.53. The van der Waals surface area contributed by atoms with Crippen LogP contribution in [0.25, 0.3) is 0 Å². The lowest BCUT2D eigenvalue weighted by molar-refractivity contribution is -0.145. The van der Waals surface area contributed by atoms with E-state index in [0.29, 0.717) is 6.61 Å². The summed E-state index contributed by atoms with van der Waals surface area (Å²) in [6, 6.07) is 0.178. The van der Waals surface area contributed by atoms with Gasteiger partial charge in [-0.3, -0.25) is 4.79 Å². The van der Waals surface area contributed by atoms with E-state index in [1.165, 1.54) is 0 Å². The number of carboxylic acid groups (broad SMARTS) is 1. The van der Waals surface area contributed by atoms with E-state index in [9.17, 15) is 9.90 Å². The van der Waals surface area contributed by atoms with E-state index in [1.54, 1.807) is 0 Å². The fourth-order valence-electron chi connectivity index (χ4n) is 2.53. The SMILES string of the molecule is CC(C)OCCN(C)C1CCCCC1C(=O)O. The molecule has 0 aliphatic heterocycles. The van der Waals surface area contributed by atoms with E-state index in [4.69, 9.17) is 4.74 Å². The summed E-state index contributed by atoms with van der Waals surface area (Å²) in [6.07, 6.45) is 4.24. The second kappa shape index (κ2) is 6.97. The highest BCUT2D eigenvalue weighted by Crippen LogP contribution is 2.27. The van der Waals surface area contributed by atoms with Crippen molar-refractivity contribution in [2.45, 2.75) is 51.7 Å². The van der Waals surface area contributed by atoms with Crippen LogP contribution in [0.2, 0.25) is 0 Å². The predicted octanol–water partition coefficient (Wildman–Crippen LogP) is 1.99. The molecule has 0 aromatic rings. The van der Waals surface area contributed by atoms with Gasteiger partial charge in [0, 0.05) is 12.6 Å². The van der Waals surface area contributed by atoms with Crippen LogP contribution in [0, 0.1) is 5.92 Å². The van der Waals surface area contributed by atoms with Crippen molar-refractivity contribution >= 4 is 5.97 Å². The van der Waals surface area contributed by atoms with Gasteiger partial charge in [-0.05, 0) is 33.7 Å². The Morgan fingerprint density at radius 2 is 2.06 bits per heavy atom. The zero-order valence-electron chi connectivity index (χ0n) is 11.2. The first kappa shape index (κ1) is 14.5. The summed E-state index contributed by atoms with van der Waals surface area (Å²) in [5, 5.41) is 9.21. The van der Waals surface area contributed by atoms with Gasteiger partial charge >= 0.3 is 5.97 Å². The molecule has 4 nitrogen and oxygen atoms in total. The number of hydrogen-bond acceptors (Lipinski definition) is 3. The summed E-state index contributed by atoms with van der Waals surface area (Å²) in [4.78, 5) is 13.3. The van der Waals surface area contributed by atoms with Crippen LogP contribution >= 0.6 is 0 Å². The van der Waals surface area contributed by atoms with E-state index in [-0.39, 0.29) is 18.1 Å². The largest absolute Gasteiger partial charge is 0.481 e. The topological polar surface area (TPSA) is 49.8 Å². The van der Waals surface area contributed by atoms with Crippen molar-refractivity contribution in [3.05, 3.63) is 0 Å². The predicted molar refractivity (Wildman–Crippen MR) is 67.1 cm³/mol. The van der Waals surface area contributed by atoms with Gasteiger partial charge in [0.25, 0.3) is 0 Å². The first-order valence-corrected chi connectivity index (χ1v) is 6.57. The lowest BCUT2D eigenvalue weighted by Crippen LogP contribution is -2.44. The molecule has 4 heteroatoms. The molecule has 0 aromatic heterocycles. The van der Waals surface area contributed by atoms with Crippen molar-refractivity contribution in [3.8, 4) is 0 Å². The van der Waals surface area contributed by atoms with Crippen molar-refractivity contribution in [3.63, 3.8) is 0 Å². The average molecular weight is 243 g/mol. The van der Waals surface area contributed by atoms with E-state index < -0.39 is 5.97 Å². The maximum absolute atomic E-state index is 11.2. The Bertz CT molecular complexity index is 243. The number of carboxylic acids is 1. The van der Waals surface area contributed by atoms with Gasteiger partial charge in [-0.1, -0.05) is 12.8 Å². The maximum atomic E-state index is 11.2. The van der Waals surface area contributed by atoms with E-state index in [0.717, 1.165) is 32.2 Å². The second-order valence-corrected chi connectivity index (χ2v) is 5.20. The van der Waals surface area contributed by atoms with Gasteiger partial charge in [0.05, 0.1) is 18.6 Å². The van der Waals surface area contributed by atoms with E-state index in [2.05, 4.69) is 4.90 Å². The van der Waals surface area contributed by atoms with E-state index in [1.807, 2.05) is 20.9 Å². The molecular weight excluding hydrogens is 218 g/mol. The highest BCUT2D eigenvalue weighted by molar-refractivity contribution is 5.71. The smallest absolute Gasteiger partial charge is 0.308 e. The normalized spacial score (nSPS) is 25.5. The zero-order chi connectivity index (χ0) is 12.8. The first-order chi connectivity index (χ1) is 8.02. The molecule has 0 heterocycles. The van der Waals surface area contributed by atoms with Crippen molar-refractivity contribution in [1.29, 1.82) is 0 Å². The molecule has 0 aromatic carbocycles. The average Bonchev–Trinajstić information content (AvgIpc) is 2.28. The summed E-state index contributed by atoms with van der Waals surface area (Å²) in [5.41, 5.74) is 0. The maximum Gasteiger partial charge on any atom is 0.308 e. The van der Waals surface area contributed by atoms with Gasteiger partial charge < -0.3 is 14.7 Å². The van der Waals surface area contributed by atoms with Crippen molar-refractivity contribution < 1.29 is 14.6 Å². The second-order valence-electron chi connectivity index (χ2n) is 5.20. The molecule has 1 aliphatic rings. The Morgan fingerprint density at radius 3 is 2.65 bits per heavy atom. The van der Waals surface area contributed by atoms with Gasteiger partial charge in [0.2, 0.25) is 0 Å². The monoisotopic (exact) mass is 243 g/mol. The lowest BCUT2D eigenvalue weighted by Gasteiger charge is -2.35. The molecule has 0 spiro atoms. The number of rotatable bonds is 6. The molecule has 0 bridgehead atoms. The quantitative estimate of drug-likeness (QED) is 0.775. The van der Waals surface area contributed by atoms with Crippen LogP contribution in [-0.4, -0.2) is 48.3 Å². The zero-order valence-corrected chi connectivity index (χ0v) is 11.2. The number of aliphatic carboxylic acids is 1. The first-order valence-electron chi connectivity index (χ1n) is 6.57. The third-order valence-electron chi connectivity index (χ3n) is 3.51. The van der Waals surface area contributed by atoms with Crippen LogP contribution in [0.1, 0.15) is 39.5 Å². The van der Waals surface area contributed by atoms with Crippen LogP contribution < -0.4 is 0 Å². The molecular formula is C13H25NO3. The molecule has 17 heavy (non-hydrogen) atoms. The molecule has 2 atom stereocenters. The Labute approximate surface area is 104 Å². The van der Waals surface area contributed by atoms with E-state index >= 15 is 0 Å². The Balaban J connectivity index is 2.41. The van der Waals surface area contributed by atoms with Crippen LogP contribution in [0.5, 0.6) is 0 Å². The minimum atomic E-state index is -0.647. The molecule has 1 aliphatic carbocycles. The Kier molecular flexibility index (Phi) is 5.92. The van der Waals surface area contributed by atoms with Crippen LogP contribution in [-0.2, 0) is 9.53 Å². The number of ether oxygens (including phenoxy) is 1. The third kappa shape index (κ3) is 4.64. The summed E-state index contributed by atoms with van der Waals surface area (Å²) in [7, 11) is 2.01. The van der Waals surface area contributed by atoms with Gasteiger partial charge in [-0.15, -0.1) is 0 Å². The highest BCUT2D eigenvalue weighted by Gasteiger charge is 2.33. The Hall–Kier alpha value is -0.610. The summed E-state index contributed by atoms with van der Waals surface area (Å²) >= 11 is 0. The number of hydrogen-bond donors (Lipinski definition) is 1. The molecule has 1 N–H and O–H groups in total. The molecule has 1 rings (SSSR count). The highest BCUT2D eigenvalue weighted by atomic mass is 16.5. The number of likely N-dealkylation sites (N-methyl/N-ethyl adjacent to an activating group) is 1. The molecule has 0 amide bonds. The molecule has 0 saturated heterocycles. The van der Waals surface area contributed by atoms with Gasteiger partial charge in [0.1, 0.15) is 0 Å². The van der Waals surface area contributed by atoms with Crippen molar-refractivity contribution in [2.24, 2.45) is 5.92 Å².